The Morgan fingerprint density at radius 2 is 1.96 bits per heavy atom. The summed E-state index contributed by atoms with van der Waals surface area (Å²) in [5.74, 6) is -0.0223. The topological polar surface area (TPSA) is 97.0 Å². The molecule has 0 radical (unpaired) electrons. The highest BCUT2D eigenvalue weighted by Gasteiger charge is 2.23. The first-order valence-electron chi connectivity index (χ1n) is 7.51. The molecule has 1 amide bonds. The zero-order valence-corrected chi connectivity index (χ0v) is 16.5. The van der Waals surface area contributed by atoms with Gasteiger partial charge in [0.1, 0.15) is 10.6 Å². The Morgan fingerprint density at radius 3 is 2.52 bits per heavy atom. The lowest BCUT2D eigenvalue weighted by Crippen LogP contribution is -2.30. The SMILES string of the molecule is CCOc1ccc(NC(=O)CNCCOC)cc1S(=O)(=O)N(C)C.Cl. The number of ether oxygens (including phenoxy) is 2. The molecule has 0 atom stereocenters. The summed E-state index contributed by atoms with van der Waals surface area (Å²) in [6, 6.07) is 4.54. The second kappa shape index (κ2) is 11.3. The first kappa shape index (κ1) is 23.6. The zero-order valence-electron chi connectivity index (χ0n) is 14.9. The standard InChI is InChI=1S/C15H25N3O5S.ClH/c1-5-23-13-7-6-12(10-14(13)24(20,21)18(2)3)17-15(19)11-16-8-9-22-4;/h6-7,10,16H,5,8-9,11H2,1-4H3,(H,17,19);1H. The van der Waals surface area contributed by atoms with Crippen molar-refractivity contribution in [1.82, 2.24) is 9.62 Å². The van der Waals surface area contributed by atoms with E-state index in [1.54, 1.807) is 20.1 Å². The maximum Gasteiger partial charge on any atom is 0.246 e. The van der Waals surface area contributed by atoms with Crippen LogP contribution in [0.4, 0.5) is 5.69 Å². The average molecular weight is 396 g/mol. The Labute approximate surface area is 155 Å². The Bertz CT molecular complexity index is 653. The van der Waals surface area contributed by atoms with Crippen molar-refractivity contribution in [1.29, 1.82) is 0 Å². The lowest BCUT2D eigenvalue weighted by molar-refractivity contribution is -0.115. The summed E-state index contributed by atoms with van der Waals surface area (Å²) in [4.78, 5) is 11.9. The number of halogens is 1. The van der Waals surface area contributed by atoms with Crippen LogP contribution in [0.25, 0.3) is 0 Å². The van der Waals surface area contributed by atoms with Crippen molar-refractivity contribution in [2.75, 3.05) is 52.8 Å². The molecule has 0 saturated carbocycles. The quantitative estimate of drug-likeness (QED) is 0.572. The molecule has 0 aliphatic rings. The van der Waals surface area contributed by atoms with Gasteiger partial charge in [-0.05, 0) is 25.1 Å². The molecule has 1 aromatic rings. The predicted octanol–water partition coefficient (Wildman–Crippen LogP) is 0.932. The van der Waals surface area contributed by atoms with Gasteiger partial charge < -0.3 is 20.1 Å². The van der Waals surface area contributed by atoms with Crippen molar-refractivity contribution in [2.24, 2.45) is 0 Å². The van der Waals surface area contributed by atoms with Gasteiger partial charge in [-0.3, -0.25) is 4.79 Å². The summed E-state index contributed by atoms with van der Waals surface area (Å²) in [5, 5.41) is 5.57. The molecular formula is C15H26ClN3O5S. The highest BCUT2D eigenvalue weighted by atomic mass is 35.5. The van der Waals surface area contributed by atoms with E-state index < -0.39 is 10.0 Å². The van der Waals surface area contributed by atoms with E-state index in [-0.39, 0.29) is 35.5 Å². The highest BCUT2D eigenvalue weighted by molar-refractivity contribution is 7.89. The van der Waals surface area contributed by atoms with Crippen molar-refractivity contribution >= 4 is 34.0 Å². The van der Waals surface area contributed by atoms with Crippen LogP contribution < -0.4 is 15.4 Å². The summed E-state index contributed by atoms with van der Waals surface area (Å²) in [5.41, 5.74) is 0.386. The number of nitrogens with zero attached hydrogens (tertiary/aromatic N) is 1. The Kier molecular flexibility index (Phi) is 10.6. The van der Waals surface area contributed by atoms with E-state index in [2.05, 4.69) is 10.6 Å². The third-order valence-corrected chi connectivity index (χ3v) is 4.89. The summed E-state index contributed by atoms with van der Waals surface area (Å²) < 4.78 is 36.2. The summed E-state index contributed by atoms with van der Waals surface area (Å²) in [7, 11) is 0.771. The van der Waals surface area contributed by atoms with Crippen LogP contribution in [-0.2, 0) is 19.6 Å². The van der Waals surface area contributed by atoms with Gasteiger partial charge in [-0.2, -0.15) is 0 Å². The highest BCUT2D eigenvalue weighted by Crippen LogP contribution is 2.29. The number of nitrogens with one attached hydrogen (secondary N) is 2. The number of methoxy groups -OCH3 is 1. The molecule has 1 aromatic carbocycles. The van der Waals surface area contributed by atoms with E-state index in [1.807, 2.05) is 0 Å². The first-order chi connectivity index (χ1) is 11.3. The van der Waals surface area contributed by atoms with Crippen molar-refractivity contribution in [3.05, 3.63) is 18.2 Å². The third kappa shape index (κ3) is 7.17. The van der Waals surface area contributed by atoms with Gasteiger partial charge in [-0.15, -0.1) is 12.4 Å². The van der Waals surface area contributed by atoms with E-state index in [0.717, 1.165) is 4.31 Å². The van der Waals surface area contributed by atoms with E-state index in [4.69, 9.17) is 9.47 Å². The number of hydrogen-bond acceptors (Lipinski definition) is 6. The van der Waals surface area contributed by atoms with Gasteiger partial charge in [0, 0.05) is 33.4 Å². The molecule has 0 aromatic heterocycles. The van der Waals surface area contributed by atoms with Gasteiger partial charge >= 0.3 is 0 Å². The van der Waals surface area contributed by atoms with E-state index in [9.17, 15) is 13.2 Å². The summed E-state index contributed by atoms with van der Waals surface area (Å²) in [6.07, 6.45) is 0. The fraction of sp³-hybridized carbons (Fsp3) is 0.533. The van der Waals surface area contributed by atoms with Gasteiger partial charge in [0.25, 0.3) is 0 Å². The number of carbonyl (C=O) groups is 1. The fourth-order valence-corrected chi connectivity index (χ4v) is 2.89. The minimum atomic E-state index is -3.69. The van der Waals surface area contributed by atoms with Crippen LogP contribution in [0.5, 0.6) is 5.75 Å². The fourth-order valence-electron chi connectivity index (χ4n) is 1.84. The number of hydrogen-bond donors (Lipinski definition) is 2. The van der Waals surface area contributed by atoms with Crippen molar-refractivity contribution in [2.45, 2.75) is 11.8 Å². The minimum Gasteiger partial charge on any atom is -0.492 e. The van der Waals surface area contributed by atoms with Crippen molar-refractivity contribution in [3.63, 3.8) is 0 Å². The van der Waals surface area contributed by atoms with Crippen LogP contribution in [0.1, 0.15) is 6.92 Å². The molecule has 144 valence electrons. The second-order valence-electron chi connectivity index (χ2n) is 5.10. The molecule has 10 heteroatoms. The molecule has 2 N–H and O–H groups in total. The molecule has 0 bridgehead atoms. The normalized spacial score (nSPS) is 11.1. The molecule has 0 unspecified atom stereocenters. The number of anilines is 1. The third-order valence-electron chi connectivity index (χ3n) is 3.05. The van der Waals surface area contributed by atoms with Crippen LogP contribution in [0.15, 0.2) is 23.1 Å². The number of sulfonamides is 1. The van der Waals surface area contributed by atoms with Crippen LogP contribution in [0, 0.1) is 0 Å². The monoisotopic (exact) mass is 395 g/mol. The smallest absolute Gasteiger partial charge is 0.246 e. The summed E-state index contributed by atoms with van der Waals surface area (Å²) >= 11 is 0. The van der Waals surface area contributed by atoms with E-state index >= 15 is 0 Å². The van der Waals surface area contributed by atoms with Gasteiger partial charge in [0.2, 0.25) is 15.9 Å². The maximum absolute atomic E-state index is 12.4. The molecule has 25 heavy (non-hydrogen) atoms. The van der Waals surface area contributed by atoms with Crippen LogP contribution in [0.3, 0.4) is 0 Å². The predicted molar refractivity (Wildman–Crippen MR) is 99.1 cm³/mol. The Morgan fingerprint density at radius 1 is 1.28 bits per heavy atom. The summed E-state index contributed by atoms with van der Waals surface area (Å²) in [6.45, 7) is 3.26. The molecule has 0 aliphatic carbocycles. The molecule has 0 aliphatic heterocycles. The van der Waals surface area contributed by atoms with Gasteiger partial charge in [0.15, 0.2) is 0 Å². The van der Waals surface area contributed by atoms with Gasteiger partial charge in [-0.1, -0.05) is 0 Å². The van der Waals surface area contributed by atoms with Crippen LogP contribution in [-0.4, -0.2) is 66.1 Å². The average Bonchev–Trinajstić information content (AvgIpc) is 2.53. The van der Waals surface area contributed by atoms with E-state index in [0.29, 0.717) is 25.4 Å². The van der Waals surface area contributed by atoms with E-state index in [1.165, 1.54) is 26.2 Å². The van der Waals surface area contributed by atoms with Gasteiger partial charge in [-0.25, -0.2) is 12.7 Å². The molecule has 0 fully saturated rings. The van der Waals surface area contributed by atoms with Crippen LogP contribution in [0.2, 0.25) is 0 Å². The number of amides is 1. The van der Waals surface area contributed by atoms with Crippen molar-refractivity contribution in [3.8, 4) is 5.75 Å². The number of carbonyl (C=O) groups excluding carboxylic acids is 1. The Balaban J connectivity index is 0.00000576. The molecule has 0 spiro atoms. The largest absolute Gasteiger partial charge is 0.492 e. The first-order valence-corrected chi connectivity index (χ1v) is 8.95. The number of benzene rings is 1. The Hall–Kier alpha value is -1.39. The van der Waals surface area contributed by atoms with Gasteiger partial charge in [0.05, 0.1) is 19.8 Å². The molecule has 0 saturated heterocycles. The minimum absolute atomic E-state index is 0. The number of rotatable bonds is 10. The molecule has 8 nitrogen and oxygen atoms in total. The lowest BCUT2D eigenvalue weighted by atomic mass is 10.3. The van der Waals surface area contributed by atoms with Crippen LogP contribution >= 0.6 is 12.4 Å². The lowest BCUT2D eigenvalue weighted by Gasteiger charge is -2.16. The second-order valence-corrected chi connectivity index (χ2v) is 7.22. The maximum atomic E-state index is 12.4. The molecular weight excluding hydrogens is 370 g/mol. The van der Waals surface area contributed by atoms with Crippen molar-refractivity contribution < 1.29 is 22.7 Å². The zero-order chi connectivity index (χ0) is 18.2. The molecule has 1 rings (SSSR count). The molecule has 0 heterocycles.